The van der Waals surface area contributed by atoms with Gasteiger partial charge in [-0.15, -0.1) is 11.6 Å². The molecule has 1 heterocycles. The van der Waals surface area contributed by atoms with Crippen molar-refractivity contribution in [3.63, 3.8) is 0 Å². The molecule has 1 fully saturated rings. The van der Waals surface area contributed by atoms with Crippen LogP contribution in [-0.2, 0) is 10.2 Å². The van der Waals surface area contributed by atoms with Gasteiger partial charge in [0.1, 0.15) is 19.0 Å². The first-order chi connectivity index (χ1) is 9.73. The van der Waals surface area contributed by atoms with Crippen molar-refractivity contribution in [2.75, 3.05) is 19.1 Å². The number of alkyl halides is 1. The minimum Gasteiger partial charge on any atom is -0.486 e. The lowest BCUT2D eigenvalue weighted by Crippen LogP contribution is -2.27. The van der Waals surface area contributed by atoms with E-state index in [1.807, 2.05) is 6.07 Å². The van der Waals surface area contributed by atoms with Gasteiger partial charge in [-0.2, -0.15) is 0 Å². The van der Waals surface area contributed by atoms with Gasteiger partial charge in [0.05, 0.1) is 5.88 Å². The Kier molecular flexibility index (Phi) is 3.88. The second kappa shape index (κ2) is 5.65. The third-order valence-electron chi connectivity index (χ3n) is 4.40. The van der Waals surface area contributed by atoms with Gasteiger partial charge < -0.3 is 9.47 Å². The van der Waals surface area contributed by atoms with Crippen LogP contribution in [0.25, 0.3) is 0 Å². The number of carbonyl (C=O) groups excluding carboxylic acids is 1. The van der Waals surface area contributed by atoms with E-state index < -0.39 is 0 Å². The van der Waals surface area contributed by atoms with Gasteiger partial charge in [0.25, 0.3) is 0 Å². The molecular formula is C16H19ClO3. The van der Waals surface area contributed by atoms with Crippen molar-refractivity contribution in [3.8, 4) is 11.5 Å². The summed E-state index contributed by atoms with van der Waals surface area (Å²) in [6.45, 7) is 1.19. The van der Waals surface area contributed by atoms with Gasteiger partial charge in [0.2, 0.25) is 0 Å². The molecule has 0 bridgehead atoms. The molecular weight excluding hydrogens is 276 g/mol. The van der Waals surface area contributed by atoms with E-state index in [0.29, 0.717) is 19.6 Å². The normalized spacial score (nSPS) is 19.9. The Labute approximate surface area is 124 Å². The Balaban J connectivity index is 1.93. The Hall–Kier alpha value is -1.22. The van der Waals surface area contributed by atoms with Crippen LogP contribution < -0.4 is 9.47 Å². The number of hydrogen-bond acceptors (Lipinski definition) is 3. The molecule has 0 radical (unpaired) electrons. The van der Waals surface area contributed by atoms with E-state index in [9.17, 15) is 4.79 Å². The van der Waals surface area contributed by atoms with Gasteiger partial charge in [-0.3, -0.25) is 4.79 Å². The summed E-state index contributed by atoms with van der Waals surface area (Å²) in [5, 5.41) is 0. The average Bonchev–Trinajstić information content (AvgIpc) is 2.96. The Bertz CT molecular complexity index is 506. The predicted octanol–water partition coefficient (Wildman–Crippen LogP) is 3.47. The van der Waals surface area contributed by atoms with Crippen molar-refractivity contribution in [3.05, 3.63) is 23.8 Å². The lowest BCUT2D eigenvalue weighted by molar-refractivity contribution is -0.117. The lowest BCUT2D eigenvalue weighted by atomic mass is 9.75. The van der Waals surface area contributed by atoms with Crippen molar-refractivity contribution in [2.45, 2.75) is 37.5 Å². The van der Waals surface area contributed by atoms with Crippen molar-refractivity contribution >= 4 is 17.4 Å². The molecule has 20 heavy (non-hydrogen) atoms. The molecule has 0 spiro atoms. The molecule has 0 saturated heterocycles. The Morgan fingerprint density at radius 1 is 1.15 bits per heavy atom. The summed E-state index contributed by atoms with van der Waals surface area (Å²) < 4.78 is 11.2. The van der Waals surface area contributed by atoms with E-state index in [2.05, 4.69) is 12.1 Å². The van der Waals surface area contributed by atoms with Crippen LogP contribution in [0, 0.1) is 0 Å². The van der Waals surface area contributed by atoms with Crippen molar-refractivity contribution in [1.29, 1.82) is 0 Å². The summed E-state index contributed by atoms with van der Waals surface area (Å²) in [4.78, 5) is 11.8. The highest BCUT2D eigenvalue weighted by molar-refractivity contribution is 6.27. The minimum absolute atomic E-state index is 0.0538. The van der Waals surface area contributed by atoms with Crippen LogP contribution >= 0.6 is 11.6 Å². The number of halogens is 1. The molecule has 3 rings (SSSR count). The highest BCUT2D eigenvalue weighted by atomic mass is 35.5. The zero-order valence-corrected chi connectivity index (χ0v) is 12.2. The van der Waals surface area contributed by atoms with E-state index >= 15 is 0 Å². The number of hydrogen-bond donors (Lipinski definition) is 0. The molecule has 108 valence electrons. The van der Waals surface area contributed by atoms with Gasteiger partial charge in [-0.25, -0.2) is 0 Å². The van der Waals surface area contributed by atoms with Crippen LogP contribution in [0.5, 0.6) is 11.5 Å². The zero-order valence-electron chi connectivity index (χ0n) is 11.5. The molecule has 0 atom stereocenters. The van der Waals surface area contributed by atoms with Crippen LogP contribution in [-0.4, -0.2) is 24.9 Å². The standard InChI is InChI=1S/C16H19ClO3/c17-11-13(18)10-16(5-1-2-6-16)12-3-4-14-15(9-12)20-8-7-19-14/h3-4,9H,1-2,5-8,10-11H2. The summed E-state index contributed by atoms with van der Waals surface area (Å²) in [5.74, 6) is 1.84. The van der Waals surface area contributed by atoms with E-state index in [4.69, 9.17) is 21.1 Å². The second-order valence-corrected chi connectivity index (χ2v) is 5.96. The fourth-order valence-corrected chi connectivity index (χ4v) is 3.51. The van der Waals surface area contributed by atoms with Gasteiger partial charge in [-0.05, 0) is 30.5 Å². The predicted molar refractivity (Wildman–Crippen MR) is 77.9 cm³/mol. The fraction of sp³-hybridized carbons (Fsp3) is 0.562. The average molecular weight is 295 g/mol. The van der Waals surface area contributed by atoms with Gasteiger partial charge >= 0.3 is 0 Å². The molecule has 2 aliphatic rings. The maximum absolute atomic E-state index is 11.8. The summed E-state index contributed by atoms with van der Waals surface area (Å²) in [7, 11) is 0. The smallest absolute Gasteiger partial charge is 0.161 e. The van der Waals surface area contributed by atoms with Gasteiger partial charge in [-0.1, -0.05) is 18.9 Å². The molecule has 4 heteroatoms. The van der Waals surface area contributed by atoms with E-state index in [1.165, 1.54) is 18.4 Å². The van der Waals surface area contributed by atoms with Crippen LogP contribution in [0.4, 0.5) is 0 Å². The first-order valence-electron chi connectivity index (χ1n) is 7.21. The van der Waals surface area contributed by atoms with Crippen LogP contribution in [0.15, 0.2) is 18.2 Å². The first kappa shape index (κ1) is 13.7. The number of benzene rings is 1. The molecule has 1 aliphatic heterocycles. The van der Waals surface area contributed by atoms with Gasteiger partial charge in [0, 0.05) is 11.8 Å². The van der Waals surface area contributed by atoms with E-state index in [-0.39, 0.29) is 17.1 Å². The fourth-order valence-electron chi connectivity index (χ4n) is 3.42. The molecule has 0 amide bonds. The van der Waals surface area contributed by atoms with Crippen molar-refractivity contribution in [2.24, 2.45) is 0 Å². The molecule has 3 nitrogen and oxygen atoms in total. The summed E-state index contributed by atoms with van der Waals surface area (Å²) in [5.41, 5.74) is 1.14. The number of Topliss-reactive ketones (excluding diaryl/α,β-unsaturated/α-hetero) is 1. The van der Waals surface area contributed by atoms with Crippen LogP contribution in [0.3, 0.4) is 0 Å². The van der Waals surface area contributed by atoms with E-state index in [0.717, 1.165) is 24.3 Å². The molecule has 1 aliphatic carbocycles. The number of ketones is 1. The molecule has 1 aromatic rings. The molecule has 1 aromatic carbocycles. The zero-order chi connectivity index (χ0) is 14.0. The highest BCUT2D eigenvalue weighted by Gasteiger charge is 2.38. The third kappa shape index (κ3) is 2.51. The Morgan fingerprint density at radius 2 is 1.85 bits per heavy atom. The maximum atomic E-state index is 11.8. The van der Waals surface area contributed by atoms with Crippen molar-refractivity contribution in [1.82, 2.24) is 0 Å². The summed E-state index contributed by atoms with van der Waals surface area (Å²) >= 11 is 5.70. The number of rotatable bonds is 4. The number of ether oxygens (including phenoxy) is 2. The second-order valence-electron chi connectivity index (χ2n) is 5.69. The monoisotopic (exact) mass is 294 g/mol. The third-order valence-corrected chi connectivity index (χ3v) is 4.70. The van der Waals surface area contributed by atoms with Crippen LogP contribution in [0.2, 0.25) is 0 Å². The largest absolute Gasteiger partial charge is 0.486 e. The number of carbonyl (C=O) groups is 1. The topological polar surface area (TPSA) is 35.5 Å². The molecule has 0 unspecified atom stereocenters. The Morgan fingerprint density at radius 3 is 2.55 bits per heavy atom. The van der Waals surface area contributed by atoms with E-state index in [1.54, 1.807) is 0 Å². The quantitative estimate of drug-likeness (QED) is 0.798. The minimum atomic E-state index is -0.0538. The number of fused-ring (bicyclic) bond motifs is 1. The SMILES string of the molecule is O=C(CCl)CC1(c2ccc3c(c2)OCCO3)CCCC1. The highest BCUT2D eigenvalue weighted by Crippen LogP contribution is 2.46. The van der Waals surface area contributed by atoms with Crippen LogP contribution in [0.1, 0.15) is 37.7 Å². The molecule has 1 saturated carbocycles. The maximum Gasteiger partial charge on any atom is 0.161 e. The van der Waals surface area contributed by atoms with Gasteiger partial charge in [0.15, 0.2) is 11.5 Å². The van der Waals surface area contributed by atoms with Crippen molar-refractivity contribution < 1.29 is 14.3 Å². The molecule has 0 N–H and O–H groups in total. The molecule has 0 aromatic heterocycles. The first-order valence-corrected chi connectivity index (χ1v) is 7.75. The summed E-state index contributed by atoms with van der Waals surface area (Å²) in [6.07, 6.45) is 4.98. The summed E-state index contributed by atoms with van der Waals surface area (Å²) in [6, 6.07) is 6.11. The lowest BCUT2D eigenvalue weighted by Gasteiger charge is -2.30.